The summed E-state index contributed by atoms with van der Waals surface area (Å²) in [7, 11) is 0.214. The Bertz CT molecular complexity index is 2040. The van der Waals surface area contributed by atoms with Crippen LogP contribution in [0.2, 0.25) is 0 Å². The van der Waals surface area contributed by atoms with Crippen LogP contribution in [0.3, 0.4) is 0 Å². The smallest absolute Gasteiger partial charge is 0.318 e. The summed E-state index contributed by atoms with van der Waals surface area (Å²) in [4.78, 5) is 40.0. The van der Waals surface area contributed by atoms with Crippen LogP contribution in [0.5, 0.6) is 17.4 Å². The van der Waals surface area contributed by atoms with Crippen LogP contribution in [-0.4, -0.2) is 125 Å². The molecule has 3 saturated heterocycles. The van der Waals surface area contributed by atoms with Gasteiger partial charge in [-0.2, -0.15) is 9.57 Å². The number of hydrogen-bond acceptors (Lipinski definition) is 12. The number of carbonyl (C=O) groups is 2. The van der Waals surface area contributed by atoms with E-state index in [1.807, 2.05) is 0 Å². The van der Waals surface area contributed by atoms with Crippen molar-refractivity contribution >= 4 is 27.6 Å². The van der Waals surface area contributed by atoms with Gasteiger partial charge in [-0.1, -0.05) is 0 Å². The summed E-state index contributed by atoms with van der Waals surface area (Å²) >= 11 is 0. The summed E-state index contributed by atoms with van der Waals surface area (Å²) in [5, 5.41) is 12.9. The van der Waals surface area contributed by atoms with E-state index < -0.39 is 27.5 Å². The highest BCUT2D eigenvalue weighted by molar-refractivity contribution is 7.93. The van der Waals surface area contributed by atoms with Gasteiger partial charge in [0, 0.05) is 56.1 Å². The maximum atomic E-state index is 15.2. The molecule has 16 heteroatoms. The van der Waals surface area contributed by atoms with E-state index in [4.69, 9.17) is 18.9 Å². The number of likely N-dealkylation sites (tertiary alicyclic amines) is 2. The number of nitriles is 1. The van der Waals surface area contributed by atoms with Gasteiger partial charge < -0.3 is 29.2 Å². The van der Waals surface area contributed by atoms with Crippen LogP contribution < -0.4 is 23.8 Å². The zero-order valence-corrected chi connectivity index (χ0v) is 31.0. The van der Waals surface area contributed by atoms with Gasteiger partial charge in [0.25, 0.3) is 15.9 Å². The molecule has 280 valence electrons. The molecule has 5 heterocycles. The van der Waals surface area contributed by atoms with E-state index in [2.05, 4.69) is 33.2 Å². The van der Waals surface area contributed by atoms with Crippen molar-refractivity contribution in [2.24, 2.45) is 0 Å². The average molecular weight is 746 g/mol. The number of piperidine rings is 1. The summed E-state index contributed by atoms with van der Waals surface area (Å²) in [6, 6.07) is 14.1. The molecule has 0 unspecified atom stereocenters. The molecule has 0 saturated carbocycles. The Morgan fingerprint density at radius 2 is 1.83 bits per heavy atom. The quantitative estimate of drug-likeness (QED) is 0.305. The first-order valence-electron chi connectivity index (χ1n) is 17.6. The van der Waals surface area contributed by atoms with E-state index in [-0.39, 0.29) is 51.6 Å². The predicted molar refractivity (Wildman–Crippen MR) is 192 cm³/mol. The Kier molecular flexibility index (Phi) is 9.94. The summed E-state index contributed by atoms with van der Waals surface area (Å²) in [5.41, 5.74) is -1.83. The minimum atomic E-state index is -4.70. The molecule has 1 N–H and O–H groups in total. The van der Waals surface area contributed by atoms with Crippen molar-refractivity contribution < 1.29 is 37.0 Å². The standard InChI is InChI=1S/C37H43N7O8S/c1-5-52-34-29(7-6-14-39-34)37(40-36(46)43-20-26(21-43)42-15-12-25(13-16-42)41(2)27-22-51-23-27)30-17-24(19-38)8-10-31(30)44(35(37)45)53(47,48)33-11-9-28(49-3)18-32(33)50-4/h6-11,14,17-18,25-27H,5,12-13,15-16,20-23H2,1-4H3,(H,40,46)/t37-/m1/s1. The number of methoxy groups -OCH3 is 2. The predicted octanol–water partition coefficient (Wildman–Crippen LogP) is 2.54. The first-order chi connectivity index (χ1) is 25.6. The van der Waals surface area contributed by atoms with Crippen LogP contribution in [-0.2, 0) is 25.1 Å². The van der Waals surface area contributed by atoms with Crippen molar-refractivity contribution in [3.63, 3.8) is 0 Å². The Labute approximate surface area is 309 Å². The van der Waals surface area contributed by atoms with E-state index in [0.29, 0.717) is 35.2 Å². The van der Waals surface area contributed by atoms with Gasteiger partial charge in [0.1, 0.15) is 16.4 Å². The Morgan fingerprint density at radius 3 is 2.47 bits per heavy atom. The first-order valence-corrected chi connectivity index (χ1v) is 19.1. The second-order valence-electron chi connectivity index (χ2n) is 13.6. The molecular formula is C37H43N7O8S. The Hall–Kier alpha value is -4.95. The lowest BCUT2D eigenvalue weighted by molar-refractivity contribution is -0.121. The number of carbonyl (C=O) groups excluding carboxylic acids is 2. The third kappa shape index (κ3) is 6.21. The van der Waals surface area contributed by atoms with Crippen LogP contribution in [0.15, 0.2) is 59.6 Å². The highest BCUT2D eigenvalue weighted by Crippen LogP contribution is 2.50. The highest BCUT2D eigenvalue weighted by Gasteiger charge is 2.59. The molecule has 1 atom stereocenters. The van der Waals surface area contributed by atoms with E-state index in [1.165, 1.54) is 56.8 Å². The molecule has 0 radical (unpaired) electrons. The normalized spacial score (nSPS) is 21.1. The number of amides is 3. The Balaban J connectivity index is 1.23. The number of nitrogens with zero attached hydrogens (tertiary/aromatic N) is 6. The molecule has 3 amide bonds. The maximum Gasteiger partial charge on any atom is 0.318 e. The Morgan fingerprint density at radius 1 is 1.08 bits per heavy atom. The van der Waals surface area contributed by atoms with Crippen LogP contribution >= 0.6 is 0 Å². The van der Waals surface area contributed by atoms with Gasteiger partial charge in [0.05, 0.1) is 63.0 Å². The monoisotopic (exact) mass is 745 g/mol. The molecule has 15 nitrogen and oxygen atoms in total. The van der Waals surface area contributed by atoms with Crippen molar-refractivity contribution in [3.05, 3.63) is 71.4 Å². The number of hydrogen-bond donors (Lipinski definition) is 1. The number of urea groups is 1. The van der Waals surface area contributed by atoms with E-state index >= 15 is 4.79 Å². The van der Waals surface area contributed by atoms with Gasteiger partial charge >= 0.3 is 6.03 Å². The summed E-state index contributed by atoms with van der Waals surface area (Å²) < 4.78 is 51.9. The molecule has 4 aliphatic rings. The second-order valence-corrected chi connectivity index (χ2v) is 15.3. The lowest BCUT2D eigenvalue weighted by Crippen LogP contribution is -2.67. The van der Waals surface area contributed by atoms with Gasteiger partial charge in [-0.3, -0.25) is 14.6 Å². The minimum Gasteiger partial charge on any atom is -0.497 e. The second kappa shape index (κ2) is 14.5. The van der Waals surface area contributed by atoms with Crippen LogP contribution in [0.1, 0.15) is 36.5 Å². The third-order valence-electron chi connectivity index (χ3n) is 10.8. The van der Waals surface area contributed by atoms with E-state index in [1.54, 1.807) is 24.0 Å². The van der Waals surface area contributed by atoms with Crippen molar-refractivity contribution in [2.45, 2.75) is 48.3 Å². The summed E-state index contributed by atoms with van der Waals surface area (Å²) in [6.45, 7) is 6.14. The number of nitrogens with one attached hydrogen (secondary N) is 1. The lowest BCUT2D eigenvalue weighted by atomic mass is 9.83. The van der Waals surface area contributed by atoms with Crippen LogP contribution in [0.4, 0.5) is 10.5 Å². The van der Waals surface area contributed by atoms with Gasteiger partial charge in [-0.05, 0) is 69.3 Å². The number of sulfonamides is 1. The lowest BCUT2D eigenvalue weighted by Gasteiger charge is -2.50. The van der Waals surface area contributed by atoms with Crippen molar-refractivity contribution in [1.82, 2.24) is 25.0 Å². The topological polar surface area (TPSA) is 167 Å². The van der Waals surface area contributed by atoms with Crippen LogP contribution in [0.25, 0.3) is 0 Å². The zero-order chi connectivity index (χ0) is 37.5. The fraction of sp³-hybridized carbons (Fsp3) is 0.459. The number of likely N-dealkylation sites (N-methyl/N-ethyl adjacent to an activating group) is 1. The first kappa shape index (κ1) is 36.4. The van der Waals surface area contributed by atoms with Gasteiger partial charge in [-0.25, -0.2) is 18.2 Å². The zero-order valence-electron chi connectivity index (χ0n) is 30.1. The molecule has 2 aromatic carbocycles. The average Bonchev–Trinajstić information content (AvgIpc) is 3.37. The van der Waals surface area contributed by atoms with Gasteiger partial charge in [0.15, 0.2) is 5.54 Å². The van der Waals surface area contributed by atoms with Crippen molar-refractivity contribution in [3.8, 4) is 23.4 Å². The molecular weight excluding hydrogens is 703 g/mol. The van der Waals surface area contributed by atoms with Gasteiger partial charge in [-0.15, -0.1) is 0 Å². The third-order valence-corrected chi connectivity index (χ3v) is 12.6. The SMILES string of the molecule is CCOc1ncccc1[C@]1(NC(=O)N2CC(N3CCC(N(C)C4COC4)CC3)C2)C(=O)N(S(=O)(=O)c2ccc(OC)cc2OC)c2ccc(C#N)cc21. The minimum absolute atomic E-state index is 0.0287. The molecule has 3 fully saturated rings. The number of aromatic nitrogens is 1. The number of fused-ring (bicyclic) bond motifs is 1. The van der Waals surface area contributed by atoms with Crippen molar-refractivity contribution in [2.75, 3.05) is 71.6 Å². The number of anilines is 1. The fourth-order valence-electron chi connectivity index (χ4n) is 7.67. The van der Waals surface area contributed by atoms with E-state index in [9.17, 15) is 18.5 Å². The van der Waals surface area contributed by atoms with Gasteiger partial charge in [0.2, 0.25) is 5.88 Å². The molecule has 0 aliphatic carbocycles. The molecule has 4 aliphatic heterocycles. The fourth-order valence-corrected chi connectivity index (χ4v) is 9.27. The number of rotatable bonds is 11. The highest BCUT2D eigenvalue weighted by atomic mass is 32.2. The number of ether oxygens (including phenoxy) is 4. The molecule has 3 aromatic rings. The summed E-state index contributed by atoms with van der Waals surface area (Å²) in [6.07, 6.45) is 3.53. The molecule has 0 bridgehead atoms. The molecule has 1 aromatic heterocycles. The molecule has 53 heavy (non-hydrogen) atoms. The summed E-state index contributed by atoms with van der Waals surface area (Å²) in [5.74, 6) is -0.673. The number of pyridine rings is 1. The number of benzene rings is 2. The largest absolute Gasteiger partial charge is 0.497 e. The molecule has 0 spiro atoms. The van der Waals surface area contributed by atoms with E-state index in [0.717, 1.165) is 39.1 Å². The molecule has 7 rings (SSSR count). The van der Waals surface area contributed by atoms with Crippen molar-refractivity contribution in [1.29, 1.82) is 5.26 Å². The van der Waals surface area contributed by atoms with Crippen LogP contribution in [0, 0.1) is 11.3 Å². The maximum absolute atomic E-state index is 15.2.